The summed E-state index contributed by atoms with van der Waals surface area (Å²) in [7, 11) is 1.60. The number of anilines is 2. The SMILES string of the molecule is CCN(Cc1ccc(N(C)C)cc1)C(=O)c1ccc(S(=O)(=O)Nc2ccccc2OC)cc1. The van der Waals surface area contributed by atoms with Gasteiger partial charge in [-0.3, -0.25) is 9.52 Å². The highest BCUT2D eigenvalue weighted by Gasteiger charge is 2.19. The number of amides is 1. The number of methoxy groups -OCH3 is 1. The maximum Gasteiger partial charge on any atom is 0.262 e. The van der Waals surface area contributed by atoms with Crippen LogP contribution in [0.4, 0.5) is 11.4 Å². The van der Waals surface area contributed by atoms with Crippen LogP contribution in [0.5, 0.6) is 5.75 Å². The molecule has 0 radical (unpaired) electrons. The quantitative estimate of drug-likeness (QED) is 0.510. The molecule has 8 heteroatoms. The molecule has 1 N–H and O–H groups in total. The Hall–Kier alpha value is -3.52. The van der Waals surface area contributed by atoms with E-state index in [0.29, 0.717) is 30.1 Å². The van der Waals surface area contributed by atoms with E-state index in [9.17, 15) is 13.2 Å². The summed E-state index contributed by atoms with van der Waals surface area (Å²) < 4.78 is 33.3. The van der Waals surface area contributed by atoms with Crippen molar-refractivity contribution in [3.63, 3.8) is 0 Å². The lowest BCUT2D eigenvalue weighted by molar-refractivity contribution is 0.0752. The van der Waals surface area contributed by atoms with Crippen molar-refractivity contribution in [2.75, 3.05) is 37.4 Å². The van der Waals surface area contributed by atoms with Crippen molar-refractivity contribution in [1.82, 2.24) is 4.90 Å². The second kappa shape index (κ2) is 10.4. The predicted molar refractivity (Wildman–Crippen MR) is 131 cm³/mol. The Labute approximate surface area is 195 Å². The highest BCUT2D eigenvalue weighted by atomic mass is 32.2. The Bertz CT molecular complexity index is 1190. The normalized spacial score (nSPS) is 11.0. The second-order valence-corrected chi connectivity index (χ2v) is 9.39. The van der Waals surface area contributed by atoms with Crippen molar-refractivity contribution in [3.8, 4) is 5.75 Å². The van der Waals surface area contributed by atoms with Crippen LogP contribution in [0, 0.1) is 0 Å². The monoisotopic (exact) mass is 467 g/mol. The lowest BCUT2D eigenvalue weighted by Crippen LogP contribution is -2.30. The Morgan fingerprint density at radius 3 is 2.15 bits per heavy atom. The standard InChI is InChI=1S/C25H29N3O4S/c1-5-28(18-19-10-14-21(15-11-19)27(2)3)25(29)20-12-16-22(17-13-20)33(30,31)26-23-8-6-7-9-24(23)32-4/h6-17,26H,5,18H2,1-4H3. The second-order valence-electron chi connectivity index (χ2n) is 7.71. The van der Waals surface area contributed by atoms with E-state index < -0.39 is 10.0 Å². The number of rotatable bonds is 9. The van der Waals surface area contributed by atoms with Gasteiger partial charge in [0.05, 0.1) is 17.7 Å². The van der Waals surface area contributed by atoms with Gasteiger partial charge in [0.15, 0.2) is 0 Å². The van der Waals surface area contributed by atoms with Crippen LogP contribution >= 0.6 is 0 Å². The average Bonchev–Trinajstić information content (AvgIpc) is 2.82. The maximum atomic E-state index is 13.0. The van der Waals surface area contributed by atoms with Crippen LogP contribution in [0.15, 0.2) is 77.7 Å². The number of nitrogens with zero attached hydrogens (tertiary/aromatic N) is 2. The highest BCUT2D eigenvalue weighted by molar-refractivity contribution is 7.92. The minimum Gasteiger partial charge on any atom is -0.495 e. The zero-order valence-corrected chi connectivity index (χ0v) is 20.1. The molecule has 0 fully saturated rings. The van der Waals surface area contributed by atoms with Crippen molar-refractivity contribution < 1.29 is 17.9 Å². The van der Waals surface area contributed by atoms with Crippen molar-refractivity contribution in [2.24, 2.45) is 0 Å². The largest absolute Gasteiger partial charge is 0.495 e. The van der Waals surface area contributed by atoms with Gasteiger partial charge in [0.2, 0.25) is 0 Å². The summed E-state index contributed by atoms with van der Waals surface area (Å²) in [5.74, 6) is 0.265. The number of benzene rings is 3. The van der Waals surface area contributed by atoms with Crippen LogP contribution in [0.25, 0.3) is 0 Å². The smallest absolute Gasteiger partial charge is 0.262 e. The third-order valence-electron chi connectivity index (χ3n) is 5.26. The van der Waals surface area contributed by atoms with Gasteiger partial charge in [0.1, 0.15) is 5.75 Å². The molecular weight excluding hydrogens is 438 g/mol. The Morgan fingerprint density at radius 1 is 0.939 bits per heavy atom. The van der Waals surface area contributed by atoms with Gasteiger partial charge in [-0.15, -0.1) is 0 Å². The molecule has 3 rings (SSSR count). The molecule has 33 heavy (non-hydrogen) atoms. The maximum absolute atomic E-state index is 13.0. The van der Waals surface area contributed by atoms with Crippen molar-refractivity contribution in [3.05, 3.63) is 83.9 Å². The van der Waals surface area contributed by atoms with E-state index in [1.165, 1.54) is 31.4 Å². The van der Waals surface area contributed by atoms with Crippen molar-refractivity contribution in [1.29, 1.82) is 0 Å². The fourth-order valence-electron chi connectivity index (χ4n) is 3.34. The van der Waals surface area contributed by atoms with Gasteiger partial charge in [0.25, 0.3) is 15.9 Å². The van der Waals surface area contributed by atoms with Crippen molar-refractivity contribution in [2.45, 2.75) is 18.4 Å². The van der Waals surface area contributed by atoms with E-state index in [1.54, 1.807) is 29.2 Å². The van der Waals surface area contributed by atoms with Gasteiger partial charge in [-0.2, -0.15) is 0 Å². The van der Waals surface area contributed by atoms with Crippen LogP contribution in [0.1, 0.15) is 22.8 Å². The van der Waals surface area contributed by atoms with E-state index in [2.05, 4.69) is 4.72 Å². The molecule has 174 valence electrons. The third-order valence-corrected chi connectivity index (χ3v) is 6.64. The molecule has 0 saturated carbocycles. The van der Waals surface area contributed by atoms with E-state index in [0.717, 1.165) is 11.3 Å². The molecule has 3 aromatic rings. The molecule has 0 spiro atoms. The lowest BCUT2D eigenvalue weighted by atomic mass is 10.1. The molecule has 0 aromatic heterocycles. The first-order valence-electron chi connectivity index (χ1n) is 10.6. The van der Waals surface area contributed by atoms with Gasteiger partial charge < -0.3 is 14.5 Å². The van der Waals surface area contributed by atoms with Gasteiger partial charge >= 0.3 is 0 Å². The number of carbonyl (C=O) groups excluding carboxylic acids is 1. The summed E-state index contributed by atoms with van der Waals surface area (Å²) in [6.45, 7) is 2.92. The number of para-hydroxylation sites is 2. The molecule has 3 aromatic carbocycles. The summed E-state index contributed by atoms with van der Waals surface area (Å²) >= 11 is 0. The predicted octanol–water partition coefficient (Wildman–Crippen LogP) is 4.22. The first-order chi connectivity index (χ1) is 15.7. The first kappa shape index (κ1) is 24.1. The third kappa shape index (κ3) is 5.84. The van der Waals surface area contributed by atoms with E-state index >= 15 is 0 Å². The summed E-state index contributed by atoms with van der Waals surface area (Å²) in [5.41, 5.74) is 2.89. The number of hydrogen-bond acceptors (Lipinski definition) is 5. The zero-order valence-electron chi connectivity index (χ0n) is 19.3. The summed E-state index contributed by atoms with van der Waals surface area (Å²) in [6, 6.07) is 20.8. The molecule has 0 bridgehead atoms. The van der Waals surface area contributed by atoms with Crippen molar-refractivity contribution >= 4 is 27.3 Å². The van der Waals surface area contributed by atoms with Gasteiger partial charge in [-0.25, -0.2) is 8.42 Å². The molecule has 0 aliphatic heterocycles. The van der Waals surface area contributed by atoms with Gasteiger partial charge in [-0.05, 0) is 61.0 Å². The van der Waals surface area contributed by atoms with Gasteiger partial charge in [0, 0.05) is 38.4 Å². The number of sulfonamides is 1. The van der Waals surface area contributed by atoms with Crippen LogP contribution in [-0.2, 0) is 16.6 Å². The van der Waals surface area contributed by atoms with Crippen LogP contribution in [-0.4, -0.2) is 47.0 Å². The summed E-state index contributed by atoms with van der Waals surface area (Å²) in [6.07, 6.45) is 0. The fraction of sp³-hybridized carbons (Fsp3) is 0.240. The van der Waals surface area contributed by atoms with E-state index in [-0.39, 0.29) is 10.8 Å². The minimum atomic E-state index is -3.83. The average molecular weight is 468 g/mol. The summed E-state index contributed by atoms with van der Waals surface area (Å²) in [5, 5.41) is 0. The Balaban J connectivity index is 1.74. The number of hydrogen-bond donors (Lipinski definition) is 1. The van der Waals surface area contributed by atoms with E-state index in [4.69, 9.17) is 4.74 Å². The molecular formula is C25H29N3O4S. The zero-order chi connectivity index (χ0) is 24.0. The van der Waals surface area contributed by atoms with Crippen LogP contribution in [0.3, 0.4) is 0 Å². The Kier molecular flexibility index (Phi) is 7.60. The Morgan fingerprint density at radius 2 is 1.58 bits per heavy atom. The number of carbonyl (C=O) groups is 1. The number of nitrogens with one attached hydrogen (secondary N) is 1. The lowest BCUT2D eigenvalue weighted by Gasteiger charge is -2.22. The van der Waals surface area contributed by atoms with E-state index in [1.807, 2.05) is 50.2 Å². The van der Waals surface area contributed by atoms with Crippen LogP contribution in [0.2, 0.25) is 0 Å². The molecule has 0 unspecified atom stereocenters. The van der Waals surface area contributed by atoms with Crippen LogP contribution < -0.4 is 14.4 Å². The molecule has 0 heterocycles. The molecule has 7 nitrogen and oxygen atoms in total. The van der Waals surface area contributed by atoms with Gasteiger partial charge in [-0.1, -0.05) is 24.3 Å². The molecule has 1 amide bonds. The topological polar surface area (TPSA) is 79.0 Å². The molecule has 0 aliphatic rings. The number of ether oxygens (including phenoxy) is 1. The fourth-order valence-corrected chi connectivity index (χ4v) is 4.41. The first-order valence-corrected chi connectivity index (χ1v) is 12.0. The molecule has 0 saturated heterocycles. The minimum absolute atomic E-state index is 0.0623. The molecule has 0 aliphatic carbocycles. The molecule has 0 atom stereocenters. The highest BCUT2D eigenvalue weighted by Crippen LogP contribution is 2.26. The summed E-state index contributed by atoms with van der Waals surface area (Å²) in [4.78, 5) is 16.8.